The lowest BCUT2D eigenvalue weighted by atomic mass is 10.2. The van der Waals surface area contributed by atoms with Crippen LogP contribution in [0.3, 0.4) is 0 Å². The average Bonchev–Trinajstić information content (AvgIpc) is 3.41. The fourth-order valence-electron chi connectivity index (χ4n) is 3.38. The van der Waals surface area contributed by atoms with Crippen molar-refractivity contribution in [2.45, 2.75) is 13.1 Å². The molecule has 0 atom stereocenters. The number of carbonyl (C=O) groups is 3. The van der Waals surface area contributed by atoms with E-state index >= 15 is 0 Å². The van der Waals surface area contributed by atoms with E-state index in [1.807, 2.05) is 0 Å². The highest BCUT2D eigenvalue weighted by Crippen LogP contribution is 2.30. The van der Waals surface area contributed by atoms with Crippen molar-refractivity contribution in [2.75, 3.05) is 19.5 Å². The van der Waals surface area contributed by atoms with Crippen molar-refractivity contribution in [2.24, 2.45) is 0 Å². The van der Waals surface area contributed by atoms with Crippen molar-refractivity contribution in [3.05, 3.63) is 70.9 Å². The molecule has 0 saturated carbocycles. The summed E-state index contributed by atoms with van der Waals surface area (Å²) in [6.07, 6.45) is 0. The number of rotatable bonds is 5. The standard InChI is InChI=1S/C22H21N5O5/c1-31-17-9-8-14(10-18(17)32-2)21(29)23-19-15-11-27(12-16(15)25-26-19)22(30)24-20(28)13-6-4-3-5-7-13/h3-10H,11-12H2,1-2H3,(H,24,28,30)(H2,23,25,26,29). The van der Waals surface area contributed by atoms with E-state index in [1.165, 1.54) is 19.1 Å². The van der Waals surface area contributed by atoms with E-state index in [4.69, 9.17) is 9.47 Å². The SMILES string of the molecule is COc1ccc(C(=O)Nc2n[nH]c3c2CN(C(=O)NC(=O)c2ccccc2)C3)cc1OC. The Morgan fingerprint density at radius 2 is 1.69 bits per heavy atom. The maximum atomic E-state index is 12.7. The number of imide groups is 1. The Kier molecular flexibility index (Phi) is 5.75. The van der Waals surface area contributed by atoms with Crippen LogP contribution in [-0.2, 0) is 13.1 Å². The lowest BCUT2D eigenvalue weighted by Crippen LogP contribution is -2.40. The van der Waals surface area contributed by atoms with E-state index in [2.05, 4.69) is 20.8 Å². The molecule has 0 unspecified atom stereocenters. The number of H-pyrrole nitrogens is 1. The molecule has 164 valence electrons. The van der Waals surface area contributed by atoms with Gasteiger partial charge in [-0.1, -0.05) is 18.2 Å². The van der Waals surface area contributed by atoms with Gasteiger partial charge in [-0.15, -0.1) is 0 Å². The van der Waals surface area contributed by atoms with E-state index in [1.54, 1.807) is 48.5 Å². The monoisotopic (exact) mass is 435 g/mol. The molecule has 4 rings (SSSR count). The number of methoxy groups -OCH3 is 2. The summed E-state index contributed by atoms with van der Waals surface area (Å²) in [6, 6.07) is 12.8. The van der Waals surface area contributed by atoms with E-state index in [0.717, 1.165) is 0 Å². The molecule has 0 fully saturated rings. The van der Waals surface area contributed by atoms with E-state index < -0.39 is 11.9 Å². The van der Waals surface area contributed by atoms with E-state index in [-0.39, 0.29) is 19.0 Å². The van der Waals surface area contributed by atoms with Crippen LogP contribution in [0, 0.1) is 0 Å². The number of fused-ring (bicyclic) bond motifs is 1. The molecular formula is C22H21N5O5. The van der Waals surface area contributed by atoms with Gasteiger partial charge in [0.05, 0.1) is 33.0 Å². The number of aromatic nitrogens is 2. The van der Waals surface area contributed by atoms with Crippen molar-refractivity contribution in [1.29, 1.82) is 0 Å². The Bertz CT molecular complexity index is 1170. The minimum Gasteiger partial charge on any atom is -0.493 e. The van der Waals surface area contributed by atoms with Gasteiger partial charge in [0, 0.05) is 16.7 Å². The molecule has 0 saturated heterocycles. The molecule has 0 spiro atoms. The van der Waals surface area contributed by atoms with Crippen LogP contribution >= 0.6 is 0 Å². The summed E-state index contributed by atoms with van der Waals surface area (Å²) >= 11 is 0. The molecule has 0 aliphatic carbocycles. The fraction of sp³-hybridized carbons (Fsp3) is 0.182. The first kappa shape index (κ1) is 20.9. The normalized spacial score (nSPS) is 12.1. The predicted octanol–water partition coefficient (Wildman–Crippen LogP) is 2.54. The van der Waals surface area contributed by atoms with Crippen molar-refractivity contribution < 1.29 is 23.9 Å². The van der Waals surface area contributed by atoms with Gasteiger partial charge in [0.25, 0.3) is 11.8 Å². The Balaban J connectivity index is 1.42. The summed E-state index contributed by atoms with van der Waals surface area (Å²) < 4.78 is 10.4. The zero-order valence-electron chi connectivity index (χ0n) is 17.5. The first-order chi connectivity index (χ1) is 15.5. The predicted molar refractivity (Wildman–Crippen MR) is 115 cm³/mol. The van der Waals surface area contributed by atoms with Crippen LogP contribution in [0.15, 0.2) is 48.5 Å². The van der Waals surface area contributed by atoms with Crippen LogP contribution < -0.4 is 20.1 Å². The van der Waals surface area contributed by atoms with Gasteiger partial charge in [0.2, 0.25) is 0 Å². The Hall–Kier alpha value is -4.34. The number of urea groups is 1. The molecule has 1 aliphatic heterocycles. The van der Waals surface area contributed by atoms with Gasteiger partial charge in [-0.25, -0.2) is 4.79 Å². The third-order valence-corrected chi connectivity index (χ3v) is 5.07. The number of hydrogen-bond donors (Lipinski definition) is 3. The number of hydrogen-bond acceptors (Lipinski definition) is 6. The number of anilines is 1. The first-order valence-corrected chi connectivity index (χ1v) is 9.75. The topological polar surface area (TPSA) is 126 Å². The zero-order chi connectivity index (χ0) is 22.7. The van der Waals surface area contributed by atoms with Gasteiger partial charge >= 0.3 is 6.03 Å². The van der Waals surface area contributed by atoms with Gasteiger partial charge in [-0.3, -0.25) is 20.0 Å². The van der Waals surface area contributed by atoms with Gasteiger partial charge in [-0.2, -0.15) is 5.10 Å². The Morgan fingerprint density at radius 3 is 2.41 bits per heavy atom. The van der Waals surface area contributed by atoms with Gasteiger partial charge in [-0.05, 0) is 30.3 Å². The highest BCUT2D eigenvalue weighted by atomic mass is 16.5. The second-order valence-electron chi connectivity index (χ2n) is 7.03. The van der Waals surface area contributed by atoms with Crippen LogP contribution in [0.25, 0.3) is 0 Å². The van der Waals surface area contributed by atoms with Crippen LogP contribution in [0.2, 0.25) is 0 Å². The number of nitrogens with zero attached hydrogens (tertiary/aromatic N) is 2. The third kappa shape index (κ3) is 4.10. The summed E-state index contributed by atoms with van der Waals surface area (Å²) in [5.74, 6) is 0.396. The summed E-state index contributed by atoms with van der Waals surface area (Å²) in [7, 11) is 3.00. The number of benzene rings is 2. The highest BCUT2D eigenvalue weighted by Gasteiger charge is 2.30. The maximum Gasteiger partial charge on any atom is 0.324 e. The van der Waals surface area contributed by atoms with Gasteiger partial charge in [0.15, 0.2) is 17.3 Å². The summed E-state index contributed by atoms with van der Waals surface area (Å²) in [4.78, 5) is 38.9. The van der Waals surface area contributed by atoms with Crippen LogP contribution in [0.5, 0.6) is 11.5 Å². The Labute approximate surface area is 183 Å². The number of carbonyl (C=O) groups excluding carboxylic acids is 3. The van der Waals surface area contributed by atoms with Gasteiger partial charge in [0.1, 0.15) is 0 Å². The smallest absolute Gasteiger partial charge is 0.324 e. The summed E-state index contributed by atoms with van der Waals surface area (Å²) in [6.45, 7) is 0.434. The quantitative estimate of drug-likeness (QED) is 0.566. The molecule has 10 heteroatoms. The Morgan fingerprint density at radius 1 is 0.938 bits per heavy atom. The fourth-order valence-corrected chi connectivity index (χ4v) is 3.38. The molecular weight excluding hydrogens is 414 g/mol. The molecule has 0 radical (unpaired) electrons. The number of aromatic amines is 1. The molecule has 0 bridgehead atoms. The second kappa shape index (κ2) is 8.80. The molecule has 2 aromatic carbocycles. The number of nitrogens with one attached hydrogen (secondary N) is 3. The summed E-state index contributed by atoms with van der Waals surface area (Å²) in [5.41, 5.74) is 2.12. The molecule has 10 nitrogen and oxygen atoms in total. The number of ether oxygens (including phenoxy) is 2. The minimum absolute atomic E-state index is 0.196. The van der Waals surface area contributed by atoms with E-state index in [0.29, 0.717) is 39.7 Å². The maximum absolute atomic E-state index is 12.7. The molecule has 2 heterocycles. The van der Waals surface area contributed by atoms with E-state index in [9.17, 15) is 14.4 Å². The lowest BCUT2D eigenvalue weighted by molar-refractivity contribution is 0.0950. The lowest BCUT2D eigenvalue weighted by Gasteiger charge is -2.16. The first-order valence-electron chi connectivity index (χ1n) is 9.75. The molecule has 3 aromatic rings. The number of amides is 4. The minimum atomic E-state index is -0.527. The average molecular weight is 435 g/mol. The molecule has 32 heavy (non-hydrogen) atoms. The molecule has 3 N–H and O–H groups in total. The zero-order valence-corrected chi connectivity index (χ0v) is 17.5. The molecule has 1 aromatic heterocycles. The third-order valence-electron chi connectivity index (χ3n) is 5.07. The largest absolute Gasteiger partial charge is 0.493 e. The van der Waals surface area contributed by atoms with Crippen molar-refractivity contribution in [1.82, 2.24) is 20.4 Å². The van der Waals surface area contributed by atoms with Crippen molar-refractivity contribution in [3.63, 3.8) is 0 Å². The summed E-state index contributed by atoms with van der Waals surface area (Å²) in [5, 5.41) is 12.1. The molecule has 4 amide bonds. The van der Waals surface area contributed by atoms with Crippen LogP contribution in [-0.4, -0.2) is 47.2 Å². The molecule has 1 aliphatic rings. The van der Waals surface area contributed by atoms with Crippen LogP contribution in [0.1, 0.15) is 32.0 Å². The highest BCUT2D eigenvalue weighted by molar-refractivity contribution is 6.05. The van der Waals surface area contributed by atoms with Crippen molar-refractivity contribution in [3.8, 4) is 11.5 Å². The van der Waals surface area contributed by atoms with Gasteiger partial charge < -0.3 is 19.7 Å². The van der Waals surface area contributed by atoms with Crippen molar-refractivity contribution >= 4 is 23.7 Å². The second-order valence-corrected chi connectivity index (χ2v) is 7.03. The van der Waals surface area contributed by atoms with Crippen LogP contribution in [0.4, 0.5) is 10.6 Å².